The molecule has 0 saturated heterocycles. The van der Waals surface area contributed by atoms with Crippen LogP contribution in [0.1, 0.15) is 35.5 Å². The minimum absolute atomic E-state index is 0.0268. The number of aryl methyl sites for hydroxylation is 1. The van der Waals surface area contributed by atoms with Crippen molar-refractivity contribution >= 4 is 11.3 Å². The minimum Gasteiger partial charge on any atom is -0.467 e. The normalized spacial score (nSPS) is 15.0. The predicted octanol–water partition coefficient (Wildman–Crippen LogP) is 2.96. The lowest BCUT2D eigenvalue weighted by atomic mass is 10.2. The zero-order valence-corrected chi connectivity index (χ0v) is 13.6. The van der Waals surface area contributed by atoms with Crippen LogP contribution < -0.4 is 9.61 Å². The Morgan fingerprint density at radius 2 is 1.96 bits per heavy atom. The number of fused-ring (bicyclic) bond motifs is 1. The Morgan fingerprint density at radius 3 is 2.67 bits per heavy atom. The summed E-state index contributed by atoms with van der Waals surface area (Å²) in [6, 6.07) is 2.87. The van der Waals surface area contributed by atoms with Gasteiger partial charge in [-0.3, -0.25) is 9.36 Å². The van der Waals surface area contributed by atoms with E-state index in [0.29, 0.717) is 5.69 Å². The van der Waals surface area contributed by atoms with Crippen LogP contribution in [0.4, 0.5) is 13.2 Å². The number of hydrogen-bond acceptors (Lipinski definition) is 5. The van der Waals surface area contributed by atoms with Crippen molar-refractivity contribution in [1.29, 1.82) is 0 Å². The van der Waals surface area contributed by atoms with Gasteiger partial charge in [0.05, 0.1) is 12.2 Å². The molecule has 1 aliphatic rings. The molecule has 0 unspecified atom stereocenters. The first-order valence-corrected chi connectivity index (χ1v) is 8.47. The highest BCUT2D eigenvalue weighted by atomic mass is 32.1. The van der Waals surface area contributed by atoms with Crippen LogP contribution in [0.5, 0.6) is 5.88 Å². The summed E-state index contributed by atoms with van der Waals surface area (Å²) in [6.45, 7) is -1.13. The van der Waals surface area contributed by atoms with Gasteiger partial charge in [-0.15, -0.1) is 10.2 Å². The molecule has 2 aromatic heterocycles. The molecule has 0 atom stereocenters. The number of alkyl halides is 3. The Balaban J connectivity index is 1.73. The Kier molecular flexibility index (Phi) is 4.88. The Hall–Kier alpha value is -1.90. The fraction of sp³-hybridized carbons (Fsp3) is 0.533. The molecule has 0 aliphatic heterocycles. The third-order valence-electron chi connectivity index (χ3n) is 3.80. The fourth-order valence-corrected chi connectivity index (χ4v) is 3.76. The number of rotatable bonds is 4. The van der Waals surface area contributed by atoms with Crippen LogP contribution >= 0.6 is 11.3 Å². The predicted molar refractivity (Wildman–Crippen MR) is 82.5 cm³/mol. The first kappa shape index (κ1) is 16.9. The van der Waals surface area contributed by atoms with Gasteiger partial charge in [-0.25, -0.2) is 0 Å². The van der Waals surface area contributed by atoms with E-state index in [0.717, 1.165) is 42.7 Å². The van der Waals surface area contributed by atoms with Crippen molar-refractivity contribution in [2.24, 2.45) is 0 Å². The lowest BCUT2D eigenvalue weighted by Gasteiger charge is -2.09. The summed E-state index contributed by atoms with van der Waals surface area (Å²) in [7, 11) is 0. The Morgan fingerprint density at radius 1 is 1.17 bits per heavy atom. The van der Waals surface area contributed by atoms with Gasteiger partial charge in [0, 0.05) is 16.6 Å². The van der Waals surface area contributed by atoms with Gasteiger partial charge in [0.25, 0.3) is 0 Å². The zero-order chi connectivity index (χ0) is 17.2. The molecule has 130 valence electrons. The van der Waals surface area contributed by atoms with Gasteiger partial charge in [-0.1, -0.05) is 17.8 Å². The van der Waals surface area contributed by atoms with E-state index in [2.05, 4.69) is 14.9 Å². The molecule has 9 heteroatoms. The molecule has 5 nitrogen and oxygen atoms in total. The molecule has 0 radical (unpaired) electrons. The van der Waals surface area contributed by atoms with Crippen LogP contribution in [0.3, 0.4) is 0 Å². The van der Waals surface area contributed by atoms with Crippen molar-refractivity contribution in [2.45, 2.75) is 44.8 Å². The highest BCUT2D eigenvalue weighted by Gasteiger charge is 2.28. The standard InChI is InChI=1S/C15H16F3N3O2S/c16-15(17,18)9-23-13-7-6-10(19-20-13)8-21-11-4-2-1-3-5-12(11)24-14(21)22/h6-7H,1-5,8-9H2. The number of thiazole rings is 1. The summed E-state index contributed by atoms with van der Waals surface area (Å²) < 4.78 is 42.5. The number of ether oxygens (including phenoxy) is 1. The lowest BCUT2D eigenvalue weighted by Crippen LogP contribution is -2.20. The van der Waals surface area contributed by atoms with E-state index >= 15 is 0 Å². The monoisotopic (exact) mass is 359 g/mol. The number of hydrogen-bond donors (Lipinski definition) is 0. The van der Waals surface area contributed by atoms with Crippen molar-refractivity contribution in [3.63, 3.8) is 0 Å². The summed E-state index contributed by atoms with van der Waals surface area (Å²) >= 11 is 1.27. The number of nitrogens with zero attached hydrogens (tertiary/aromatic N) is 3. The molecule has 0 aromatic carbocycles. The van der Waals surface area contributed by atoms with Crippen molar-refractivity contribution in [1.82, 2.24) is 14.8 Å². The maximum atomic E-state index is 12.2. The Labute approximate surface area is 140 Å². The van der Waals surface area contributed by atoms with Crippen molar-refractivity contribution in [2.75, 3.05) is 6.61 Å². The second-order valence-electron chi connectivity index (χ2n) is 5.65. The molecule has 1 aliphatic carbocycles. The van der Waals surface area contributed by atoms with Crippen LogP contribution in [0.15, 0.2) is 16.9 Å². The van der Waals surface area contributed by atoms with Crippen molar-refractivity contribution in [3.05, 3.63) is 38.1 Å². The van der Waals surface area contributed by atoms with Gasteiger partial charge in [-0.2, -0.15) is 13.2 Å². The molecule has 3 rings (SSSR count). The quantitative estimate of drug-likeness (QED) is 0.788. The van der Waals surface area contributed by atoms with E-state index in [1.807, 2.05) is 0 Å². The van der Waals surface area contributed by atoms with Crippen LogP contribution in [0, 0.1) is 0 Å². The minimum atomic E-state index is -4.41. The van der Waals surface area contributed by atoms with Crippen LogP contribution in [0.25, 0.3) is 0 Å². The average molecular weight is 359 g/mol. The SMILES string of the molecule is O=c1sc2c(n1Cc1ccc(OCC(F)(F)F)nn1)CCCCC2. The van der Waals surface area contributed by atoms with Gasteiger partial charge >= 0.3 is 11.0 Å². The van der Waals surface area contributed by atoms with E-state index in [9.17, 15) is 18.0 Å². The molecule has 2 aromatic rings. The molecule has 0 bridgehead atoms. The van der Waals surface area contributed by atoms with E-state index in [4.69, 9.17) is 0 Å². The van der Waals surface area contributed by atoms with Crippen molar-refractivity contribution < 1.29 is 17.9 Å². The summed E-state index contributed by atoms with van der Waals surface area (Å²) in [4.78, 5) is 13.3. The topological polar surface area (TPSA) is 57.0 Å². The maximum Gasteiger partial charge on any atom is 0.422 e. The molecule has 24 heavy (non-hydrogen) atoms. The van der Waals surface area contributed by atoms with Gasteiger partial charge < -0.3 is 4.74 Å². The smallest absolute Gasteiger partial charge is 0.422 e. The molecular weight excluding hydrogens is 343 g/mol. The van der Waals surface area contributed by atoms with Crippen LogP contribution in [-0.4, -0.2) is 27.5 Å². The van der Waals surface area contributed by atoms with Crippen molar-refractivity contribution in [3.8, 4) is 5.88 Å². The summed E-state index contributed by atoms with van der Waals surface area (Å²) in [5.41, 5.74) is 1.57. The third kappa shape index (κ3) is 4.14. The zero-order valence-electron chi connectivity index (χ0n) is 12.8. The summed E-state index contributed by atoms with van der Waals surface area (Å²) in [5, 5.41) is 7.51. The molecule has 0 spiro atoms. The third-order valence-corrected chi connectivity index (χ3v) is 4.88. The summed E-state index contributed by atoms with van der Waals surface area (Å²) in [6.07, 6.45) is 0.687. The van der Waals surface area contributed by atoms with E-state index < -0.39 is 12.8 Å². The largest absolute Gasteiger partial charge is 0.467 e. The molecule has 0 amide bonds. The highest BCUT2D eigenvalue weighted by Crippen LogP contribution is 2.23. The van der Waals surface area contributed by atoms with Gasteiger partial charge in [-0.05, 0) is 31.7 Å². The van der Waals surface area contributed by atoms with Gasteiger partial charge in [0.1, 0.15) is 0 Å². The van der Waals surface area contributed by atoms with E-state index in [-0.39, 0.29) is 17.3 Å². The highest BCUT2D eigenvalue weighted by molar-refractivity contribution is 7.09. The van der Waals surface area contributed by atoms with E-state index in [1.165, 1.54) is 23.5 Å². The first-order chi connectivity index (χ1) is 11.4. The maximum absolute atomic E-state index is 12.2. The summed E-state index contributed by atoms with van der Waals surface area (Å²) in [5.74, 6) is -0.187. The lowest BCUT2D eigenvalue weighted by molar-refractivity contribution is -0.154. The fourth-order valence-electron chi connectivity index (χ4n) is 2.69. The molecular formula is C15H16F3N3O2S. The van der Waals surface area contributed by atoms with Crippen LogP contribution in [-0.2, 0) is 19.4 Å². The first-order valence-electron chi connectivity index (χ1n) is 7.66. The second kappa shape index (κ2) is 6.92. The van der Waals surface area contributed by atoms with Gasteiger partial charge in [0.2, 0.25) is 5.88 Å². The Bertz CT molecular complexity index is 753. The molecule has 2 heterocycles. The molecule has 0 saturated carbocycles. The average Bonchev–Trinajstić information content (AvgIpc) is 2.70. The van der Waals surface area contributed by atoms with Gasteiger partial charge in [0.15, 0.2) is 6.61 Å². The number of aromatic nitrogens is 3. The number of halogens is 3. The molecule has 0 N–H and O–H groups in total. The van der Waals surface area contributed by atoms with Crippen LogP contribution in [0.2, 0.25) is 0 Å². The molecule has 0 fully saturated rings. The van der Waals surface area contributed by atoms with E-state index in [1.54, 1.807) is 4.57 Å². The second-order valence-corrected chi connectivity index (χ2v) is 6.70.